The summed E-state index contributed by atoms with van der Waals surface area (Å²) >= 11 is 0. The van der Waals surface area contributed by atoms with Gasteiger partial charge in [-0.2, -0.15) is 5.10 Å². The maximum Gasteiger partial charge on any atom is 0.270 e. The van der Waals surface area contributed by atoms with Crippen molar-refractivity contribution in [1.29, 1.82) is 0 Å². The molecule has 132 valence electrons. The lowest BCUT2D eigenvalue weighted by atomic mass is 10.00. The van der Waals surface area contributed by atoms with Crippen LogP contribution in [0.4, 0.5) is 4.39 Å². The van der Waals surface area contributed by atoms with Crippen LogP contribution >= 0.6 is 0 Å². The minimum atomic E-state index is -0.315. The van der Waals surface area contributed by atoms with Gasteiger partial charge in [0.05, 0.1) is 25.4 Å². The first-order chi connectivity index (χ1) is 12.6. The van der Waals surface area contributed by atoms with Crippen LogP contribution < -0.4 is 10.1 Å². The summed E-state index contributed by atoms with van der Waals surface area (Å²) in [7, 11) is 1.62. The molecule has 0 radical (unpaired) electrons. The summed E-state index contributed by atoms with van der Waals surface area (Å²) in [4.78, 5) is 12.6. The molecule has 0 saturated heterocycles. The standard InChI is InChI=1S/C20H18FN3O2/c1-12-17-18(13-7-9-15(21)10-8-13)22-20(25)19(17)24(23-12)11-14-5-3-4-6-16(14)26-2/h3-10,18H,11H2,1-2H3,(H,22,25). The third-order valence-electron chi connectivity index (χ3n) is 4.67. The summed E-state index contributed by atoms with van der Waals surface area (Å²) < 4.78 is 20.3. The van der Waals surface area contributed by atoms with Gasteiger partial charge in [0.2, 0.25) is 0 Å². The average Bonchev–Trinajstić information content (AvgIpc) is 3.15. The van der Waals surface area contributed by atoms with E-state index in [4.69, 9.17) is 4.74 Å². The minimum absolute atomic E-state index is 0.176. The molecular formula is C20H18FN3O2. The number of carbonyl (C=O) groups is 1. The van der Waals surface area contributed by atoms with Crippen molar-refractivity contribution in [3.63, 3.8) is 0 Å². The van der Waals surface area contributed by atoms with Crippen molar-refractivity contribution in [3.05, 3.63) is 82.4 Å². The molecule has 5 nitrogen and oxygen atoms in total. The number of carbonyl (C=O) groups excluding carboxylic acids is 1. The second kappa shape index (κ2) is 6.29. The number of aryl methyl sites for hydroxylation is 1. The van der Waals surface area contributed by atoms with Gasteiger partial charge in [0.15, 0.2) is 0 Å². The number of nitrogens with zero attached hydrogens (tertiary/aromatic N) is 2. The number of benzene rings is 2. The Morgan fingerprint density at radius 3 is 2.65 bits per heavy atom. The molecule has 2 aromatic carbocycles. The number of hydrogen-bond acceptors (Lipinski definition) is 3. The van der Waals surface area contributed by atoms with Gasteiger partial charge in [-0.25, -0.2) is 4.39 Å². The summed E-state index contributed by atoms with van der Waals surface area (Å²) in [5.41, 5.74) is 3.94. The van der Waals surface area contributed by atoms with Crippen molar-refractivity contribution < 1.29 is 13.9 Å². The van der Waals surface area contributed by atoms with Gasteiger partial charge in [-0.3, -0.25) is 9.48 Å². The highest BCUT2D eigenvalue weighted by atomic mass is 19.1. The van der Waals surface area contributed by atoms with E-state index in [0.717, 1.165) is 28.1 Å². The quantitative estimate of drug-likeness (QED) is 0.785. The summed E-state index contributed by atoms with van der Waals surface area (Å²) in [5.74, 6) is 0.273. The molecule has 1 atom stereocenters. The van der Waals surface area contributed by atoms with Crippen LogP contribution in [0, 0.1) is 12.7 Å². The SMILES string of the molecule is COc1ccccc1Cn1nc(C)c2c1C(=O)NC2c1ccc(F)cc1. The molecular weight excluding hydrogens is 333 g/mol. The van der Waals surface area contributed by atoms with E-state index in [-0.39, 0.29) is 17.8 Å². The van der Waals surface area contributed by atoms with Crippen molar-refractivity contribution >= 4 is 5.91 Å². The number of hydrogen-bond donors (Lipinski definition) is 1. The van der Waals surface area contributed by atoms with Crippen molar-refractivity contribution in [2.45, 2.75) is 19.5 Å². The van der Waals surface area contributed by atoms with E-state index in [1.807, 2.05) is 31.2 Å². The van der Waals surface area contributed by atoms with Crippen molar-refractivity contribution in [3.8, 4) is 5.75 Å². The zero-order valence-electron chi connectivity index (χ0n) is 14.5. The van der Waals surface area contributed by atoms with Crippen molar-refractivity contribution in [1.82, 2.24) is 15.1 Å². The van der Waals surface area contributed by atoms with E-state index >= 15 is 0 Å². The van der Waals surface area contributed by atoms with Gasteiger partial charge in [0, 0.05) is 11.1 Å². The van der Waals surface area contributed by atoms with E-state index in [0.29, 0.717) is 12.2 Å². The lowest BCUT2D eigenvalue weighted by Crippen LogP contribution is -2.23. The van der Waals surface area contributed by atoms with Crippen LogP contribution in [0.2, 0.25) is 0 Å². The fourth-order valence-corrected chi connectivity index (χ4v) is 3.47. The maximum atomic E-state index is 13.2. The Kier molecular flexibility index (Phi) is 3.95. The first-order valence-electron chi connectivity index (χ1n) is 8.34. The molecule has 6 heteroatoms. The third-order valence-corrected chi connectivity index (χ3v) is 4.67. The first-order valence-corrected chi connectivity index (χ1v) is 8.34. The Morgan fingerprint density at radius 2 is 1.92 bits per heavy atom. The second-order valence-electron chi connectivity index (χ2n) is 6.28. The van der Waals surface area contributed by atoms with Gasteiger partial charge >= 0.3 is 0 Å². The van der Waals surface area contributed by atoms with Gasteiger partial charge in [0.25, 0.3) is 5.91 Å². The van der Waals surface area contributed by atoms with E-state index < -0.39 is 0 Å². The number of fused-ring (bicyclic) bond motifs is 1. The number of para-hydroxylation sites is 1. The fourth-order valence-electron chi connectivity index (χ4n) is 3.47. The van der Waals surface area contributed by atoms with Gasteiger partial charge in [-0.05, 0) is 30.7 Å². The summed E-state index contributed by atoms with van der Waals surface area (Å²) in [6.45, 7) is 2.32. The Balaban J connectivity index is 1.75. The van der Waals surface area contributed by atoms with Crippen LogP contribution in [0.3, 0.4) is 0 Å². The first kappa shape index (κ1) is 16.3. The molecule has 1 aliphatic heterocycles. The molecule has 0 aliphatic carbocycles. The van der Waals surface area contributed by atoms with E-state index in [9.17, 15) is 9.18 Å². The monoisotopic (exact) mass is 351 g/mol. The number of ether oxygens (including phenoxy) is 1. The van der Waals surface area contributed by atoms with Gasteiger partial charge < -0.3 is 10.1 Å². The maximum absolute atomic E-state index is 13.2. The normalized spacial score (nSPS) is 15.7. The van der Waals surface area contributed by atoms with E-state index in [2.05, 4.69) is 10.4 Å². The molecule has 0 spiro atoms. The van der Waals surface area contributed by atoms with E-state index in [1.54, 1.807) is 23.9 Å². The molecule has 2 heterocycles. The van der Waals surface area contributed by atoms with Crippen LogP contribution in [0.15, 0.2) is 48.5 Å². The summed E-state index contributed by atoms with van der Waals surface area (Å²) in [6.07, 6.45) is 0. The highest BCUT2D eigenvalue weighted by molar-refractivity contribution is 5.98. The molecule has 1 aliphatic rings. The minimum Gasteiger partial charge on any atom is -0.496 e. The lowest BCUT2D eigenvalue weighted by Gasteiger charge is -2.12. The molecule has 1 aromatic heterocycles. The number of methoxy groups -OCH3 is 1. The van der Waals surface area contributed by atoms with E-state index in [1.165, 1.54) is 12.1 Å². The molecule has 0 bridgehead atoms. The lowest BCUT2D eigenvalue weighted by molar-refractivity contribution is 0.0950. The molecule has 1 unspecified atom stereocenters. The molecule has 26 heavy (non-hydrogen) atoms. The second-order valence-corrected chi connectivity index (χ2v) is 6.28. The number of rotatable bonds is 4. The molecule has 0 fully saturated rings. The Morgan fingerprint density at radius 1 is 1.19 bits per heavy atom. The predicted molar refractivity (Wildman–Crippen MR) is 94.8 cm³/mol. The average molecular weight is 351 g/mol. The van der Waals surface area contributed by atoms with Gasteiger partial charge in [-0.15, -0.1) is 0 Å². The number of amides is 1. The number of aromatic nitrogens is 2. The van der Waals surface area contributed by atoms with Crippen LogP contribution in [0.1, 0.15) is 38.9 Å². The Labute approximate surface area is 150 Å². The zero-order valence-corrected chi connectivity index (χ0v) is 14.5. The van der Waals surface area contributed by atoms with Gasteiger partial charge in [-0.1, -0.05) is 30.3 Å². The number of nitrogens with one attached hydrogen (secondary N) is 1. The zero-order chi connectivity index (χ0) is 18.3. The predicted octanol–water partition coefficient (Wildman–Crippen LogP) is 3.22. The van der Waals surface area contributed by atoms with Crippen LogP contribution in [0.25, 0.3) is 0 Å². The van der Waals surface area contributed by atoms with Crippen LogP contribution in [0.5, 0.6) is 5.75 Å². The molecule has 0 saturated carbocycles. The van der Waals surface area contributed by atoms with Crippen molar-refractivity contribution in [2.75, 3.05) is 7.11 Å². The smallest absolute Gasteiger partial charge is 0.270 e. The van der Waals surface area contributed by atoms with Crippen LogP contribution in [-0.2, 0) is 6.54 Å². The Hall–Kier alpha value is -3.15. The summed E-state index contributed by atoms with van der Waals surface area (Å²) in [6, 6.07) is 13.5. The fraction of sp³-hybridized carbons (Fsp3) is 0.200. The number of halogens is 1. The van der Waals surface area contributed by atoms with Gasteiger partial charge in [0.1, 0.15) is 17.3 Å². The third kappa shape index (κ3) is 2.63. The Bertz CT molecular complexity index is 979. The summed E-state index contributed by atoms with van der Waals surface area (Å²) in [5, 5.41) is 7.55. The largest absolute Gasteiger partial charge is 0.496 e. The van der Waals surface area contributed by atoms with Crippen LogP contribution in [-0.4, -0.2) is 22.8 Å². The highest BCUT2D eigenvalue weighted by Gasteiger charge is 2.36. The highest BCUT2D eigenvalue weighted by Crippen LogP contribution is 2.34. The van der Waals surface area contributed by atoms with Crippen molar-refractivity contribution in [2.24, 2.45) is 0 Å². The molecule has 4 rings (SSSR count). The topological polar surface area (TPSA) is 56.2 Å². The molecule has 3 aromatic rings. The molecule has 1 amide bonds. The molecule has 1 N–H and O–H groups in total.